The molecule has 0 spiro atoms. The van der Waals surface area contributed by atoms with Crippen LogP contribution in [0.25, 0.3) is 32.7 Å². The third kappa shape index (κ3) is 6.49. The number of esters is 1. The number of fused-ring (bicyclic) bond motifs is 7. The van der Waals surface area contributed by atoms with Gasteiger partial charge in [0.25, 0.3) is 0 Å². The monoisotopic (exact) mass is 581 g/mol. The van der Waals surface area contributed by atoms with Gasteiger partial charge in [-0.25, -0.2) is 0 Å². The highest BCUT2D eigenvalue weighted by atomic mass is 28.4. The van der Waals surface area contributed by atoms with Gasteiger partial charge < -0.3 is 9.16 Å². The van der Waals surface area contributed by atoms with Crippen molar-refractivity contribution in [2.45, 2.75) is 97.2 Å². The maximum Gasteiger partial charge on any atom is 0.307 e. The number of ether oxygens (including phenoxy) is 1. The summed E-state index contributed by atoms with van der Waals surface area (Å²) in [5, 5.41) is 5.18. The minimum Gasteiger partial charge on any atom is -0.460 e. The first-order valence-corrected chi connectivity index (χ1v) is 18.3. The lowest BCUT2D eigenvalue weighted by Gasteiger charge is -2.37. The highest BCUT2D eigenvalue weighted by Gasteiger charge is 2.38. The molecule has 0 N–H and O–H groups in total. The first-order chi connectivity index (χ1) is 19.7. The maximum absolute atomic E-state index is 13.3. The van der Waals surface area contributed by atoms with Crippen molar-refractivity contribution >= 4 is 35.8 Å². The Bertz CT molecular complexity index is 1510. The van der Waals surface area contributed by atoms with Crippen LogP contribution in [-0.2, 0) is 27.0 Å². The van der Waals surface area contributed by atoms with E-state index in [0.717, 1.165) is 19.5 Å². The zero-order valence-electron chi connectivity index (χ0n) is 26.7. The van der Waals surface area contributed by atoms with E-state index >= 15 is 0 Å². The van der Waals surface area contributed by atoms with Crippen molar-refractivity contribution in [3.05, 3.63) is 83.9 Å². The van der Waals surface area contributed by atoms with Crippen LogP contribution in [0.3, 0.4) is 0 Å². The topological polar surface area (TPSA) is 38.8 Å². The zero-order chi connectivity index (χ0) is 30.3. The Morgan fingerprint density at radius 1 is 0.786 bits per heavy atom. The van der Waals surface area contributed by atoms with Gasteiger partial charge in [0.05, 0.1) is 6.42 Å². The van der Waals surface area contributed by atoms with E-state index in [2.05, 4.69) is 112 Å². The van der Waals surface area contributed by atoms with E-state index in [0.29, 0.717) is 13.0 Å². The molecular formula is C37H47NO3Si. The normalized spacial score (nSPS) is 15.2. The number of rotatable bonds is 7. The van der Waals surface area contributed by atoms with Crippen LogP contribution in [0.2, 0.25) is 18.1 Å². The molecule has 0 saturated heterocycles. The predicted molar refractivity (Wildman–Crippen MR) is 178 cm³/mol. The Hall–Kier alpha value is -2.99. The summed E-state index contributed by atoms with van der Waals surface area (Å²) >= 11 is 0. The van der Waals surface area contributed by atoms with Crippen LogP contribution < -0.4 is 0 Å². The van der Waals surface area contributed by atoms with Crippen molar-refractivity contribution in [2.75, 3.05) is 6.61 Å². The van der Waals surface area contributed by atoms with Crippen molar-refractivity contribution < 1.29 is 14.0 Å². The molecular weight excluding hydrogens is 534 g/mol. The van der Waals surface area contributed by atoms with E-state index in [9.17, 15) is 4.79 Å². The molecule has 4 nitrogen and oxygen atoms in total. The summed E-state index contributed by atoms with van der Waals surface area (Å²) in [6.07, 6.45) is 1.11. The zero-order valence-corrected chi connectivity index (χ0v) is 27.7. The summed E-state index contributed by atoms with van der Waals surface area (Å²) in [5.74, 6) is -0.151. The lowest BCUT2D eigenvalue weighted by molar-refractivity contribution is -0.156. The van der Waals surface area contributed by atoms with Crippen LogP contribution in [0.5, 0.6) is 0 Å². The predicted octanol–water partition coefficient (Wildman–Crippen LogP) is 9.49. The second-order valence-corrected chi connectivity index (χ2v) is 19.2. The molecule has 0 saturated carbocycles. The van der Waals surface area contributed by atoms with Crippen LogP contribution in [0.1, 0.15) is 65.5 Å². The quantitative estimate of drug-likeness (QED) is 0.161. The van der Waals surface area contributed by atoms with Gasteiger partial charge in [-0.05, 0) is 89.1 Å². The fraction of sp³-hybridized carbons (Fsp3) is 0.432. The lowest BCUT2D eigenvalue weighted by atomic mass is 9.88. The molecule has 4 aromatic carbocycles. The van der Waals surface area contributed by atoms with Gasteiger partial charge in [-0.3, -0.25) is 9.69 Å². The maximum atomic E-state index is 13.3. The van der Waals surface area contributed by atoms with Crippen molar-refractivity contribution in [2.24, 2.45) is 0 Å². The van der Waals surface area contributed by atoms with Crippen LogP contribution in [0.4, 0.5) is 0 Å². The third-order valence-corrected chi connectivity index (χ3v) is 13.6. The van der Waals surface area contributed by atoms with Crippen molar-refractivity contribution in [3.8, 4) is 11.1 Å². The number of carbonyl (C=O) groups excluding carboxylic acids is 1. The lowest BCUT2D eigenvalue weighted by Crippen LogP contribution is -2.43. The number of carbonyl (C=O) groups is 1. The van der Waals surface area contributed by atoms with E-state index < -0.39 is 13.9 Å². The molecule has 1 aliphatic heterocycles. The first-order valence-electron chi connectivity index (χ1n) is 15.3. The van der Waals surface area contributed by atoms with Crippen molar-refractivity contribution in [1.82, 2.24) is 4.90 Å². The fourth-order valence-electron chi connectivity index (χ4n) is 5.89. The van der Waals surface area contributed by atoms with E-state index in [1.54, 1.807) is 0 Å². The van der Waals surface area contributed by atoms with Gasteiger partial charge in [0, 0.05) is 25.7 Å². The molecule has 0 bridgehead atoms. The van der Waals surface area contributed by atoms with E-state index in [4.69, 9.17) is 9.16 Å². The molecule has 0 radical (unpaired) electrons. The van der Waals surface area contributed by atoms with Gasteiger partial charge in [0.1, 0.15) is 5.60 Å². The van der Waals surface area contributed by atoms with E-state index in [1.807, 2.05) is 20.8 Å². The average Bonchev–Trinajstić information content (AvgIpc) is 3.08. The summed E-state index contributed by atoms with van der Waals surface area (Å²) in [6, 6.07) is 26.5. The molecule has 222 valence electrons. The van der Waals surface area contributed by atoms with Gasteiger partial charge in [0.15, 0.2) is 8.32 Å². The Morgan fingerprint density at radius 3 is 1.76 bits per heavy atom. The largest absolute Gasteiger partial charge is 0.460 e. The molecule has 0 unspecified atom stereocenters. The minimum absolute atomic E-state index is 0.0126. The fourth-order valence-corrected chi connectivity index (χ4v) is 6.96. The van der Waals surface area contributed by atoms with Crippen LogP contribution in [0.15, 0.2) is 72.8 Å². The standard InChI is InChI=1S/C37H47NO3Si/c1-36(2,3)41-33(39)23-30(21-22-40-42(7,8)37(4,5)6)38-24-28-19-17-26-13-9-11-15-31(26)34(28)35-29(25-38)20-18-27-14-10-12-16-32(27)35/h9-20,30H,21-25H2,1-8H3/t30-/m1/s1. The Balaban J connectivity index is 1.58. The van der Waals surface area contributed by atoms with E-state index in [-0.39, 0.29) is 17.0 Å². The van der Waals surface area contributed by atoms with E-state index in [1.165, 1.54) is 43.8 Å². The molecule has 0 aromatic heterocycles. The summed E-state index contributed by atoms with van der Waals surface area (Å²) in [5.41, 5.74) is 4.70. The number of hydrogen-bond acceptors (Lipinski definition) is 4. The summed E-state index contributed by atoms with van der Waals surface area (Å²) < 4.78 is 12.5. The molecule has 42 heavy (non-hydrogen) atoms. The average molecular weight is 582 g/mol. The molecule has 1 atom stereocenters. The highest BCUT2D eigenvalue weighted by molar-refractivity contribution is 6.74. The minimum atomic E-state index is -1.92. The van der Waals surface area contributed by atoms with Crippen LogP contribution in [-0.4, -0.2) is 37.4 Å². The smallest absolute Gasteiger partial charge is 0.307 e. The van der Waals surface area contributed by atoms with Gasteiger partial charge in [-0.1, -0.05) is 93.6 Å². The Labute approximate surface area is 253 Å². The van der Waals surface area contributed by atoms with Crippen molar-refractivity contribution in [3.63, 3.8) is 0 Å². The third-order valence-electron chi connectivity index (χ3n) is 9.09. The second kappa shape index (κ2) is 11.6. The summed E-state index contributed by atoms with van der Waals surface area (Å²) in [7, 11) is -1.92. The van der Waals surface area contributed by atoms with Crippen molar-refractivity contribution in [1.29, 1.82) is 0 Å². The Morgan fingerprint density at radius 2 is 1.29 bits per heavy atom. The number of benzene rings is 4. The van der Waals surface area contributed by atoms with Gasteiger partial charge in [-0.15, -0.1) is 0 Å². The molecule has 0 fully saturated rings. The second-order valence-electron chi connectivity index (χ2n) is 14.4. The molecule has 0 aliphatic carbocycles. The Kier molecular flexibility index (Phi) is 8.41. The first kappa shape index (κ1) is 30.5. The summed E-state index contributed by atoms with van der Waals surface area (Å²) in [6.45, 7) is 19.4. The molecule has 5 heteroatoms. The molecule has 1 heterocycles. The molecule has 5 rings (SSSR count). The van der Waals surface area contributed by atoms with Gasteiger partial charge >= 0.3 is 5.97 Å². The summed E-state index contributed by atoms with van der Waals surface area (Å²) in [4.78, 5) is 15.8. The molecule has 0 amide bonds. The molecule has 4 aromatic rings. The van der Waals surface area contributed by atoms with Gasteiger partial charge in [0.2, 0.25) is 0 Å². The number of hydrogen-bond donors (Lipinski definition) is 0. The SMILES string of the molecule is CC(C)(C)OC(=O)C[C@@H](CCO[Si](C)(C)C(C)(C)C)N1Cc2ccc3ccccc3c2-c2c(ccc3ccccc23)C1. The molecule has 1 aliphatic rings. The highest BCUT2D eigenvalue weighted by Crippen LogP contribution is 2.43. The van der Waals surface area contributed by atoms with Gasteiger partial charge in [-0.2, -0.15) is 0 Å². The van der Waals surface area contributed by atoms with Crippen LogP contribution in [0, 0.1) is 0 Å². The number of nitrogens with zero attached hydrogens (tertiary/aromatic N) is 1. The van der Waals surface area contributed by atoms with Crippen LogP contribution >= 0.6 is 0 Å².